The second-order valence-electron chi connectivity index (χ2n) is 5.28. The number of benzene rings is 2. The average Bonchev–Trinajstić information content (AvgIpc) is 3.04. The van der Waals surface area contributed by atoms with E-state index in [4.69, 9.17) is 4.42 Å². The summed E-state index contributed by atoms with van der Waals surface area (Å²) in [6, 6.07) is 19.9. The molecule has 4 rings (SSSR count). The maximum Gasteiger partial charge on any atom is 0.232 e. The SMILES string of the molecule is OCNc1ncnc2oc(-c3ccccc3)c(-c3ccccc3)c12. The van der Waals surface area contributed by atoms with Gasteiger partial charge in [-0.1, -0.05) is 60.7 Å². The number of furan rings is 1. The molecule has 0 saturated heterocycles. The second kappa shape index (κ2) is 6.14. The standard InChI is InChI=1S/C19H15N3O2/c23-12-22-18-16-15(13-7-3-1-4-8-13)17(14-9-5-2-6-10-14)24-19(16)21-11-20-18/h1-11,23H,12H2,(H,20,21,22). The number of rotatable bonds is 4. The number of aromatic nitrogens is 2. The molecule has 24 heavy (non-hydrogen) atoms. The highest BCUT2D eigenvalue weighted by Crippen LogP contribution is 2.42. The Labute approximate surface area is 138 Å². The Morgan fingerprint density at radius 3 is 2.21 bits per heavy atom. The van der Waals surface area contributed by atoms with Crippen molar-refractivity contribution in [2.45, 2.75) is 0 Å². The summed E-state index contributed by atoms with van der Waals surface area (Å²) in [4.78, 5) is 8.50. The van der Waals surface area contributed by atoms with Gasteiger partial charge in [-0.2, -0.15) is 0 Å². The molecule has 0 saturated carbocycles. The van der Waals surface area contributed by atoms with E-state index >= 15 is 0 Å². The summed E-state index contributed by atoms with van der Waals surface area (Å²) in [5, 5.41) is 12.9. The zero-order chi connectivity index (χ0) is 16.4. The van der Waals surface area contributed by atoms with Crippen LogP contribution in [0.5, 0.6) is 0 Å². The first-order chi connectivity index (χ1) is 11.9. The second-order valence-corrected chi connectivity index (χ2v) is 5.28. The van der Waals surface area contributed by atoms with Crippen LogP contribution in [0.15, 0.2) is 71.4 Å². The van der Waals surface area contributed by atoms with E-state index in [-0.39, 0.29) is 6.73 Å². The predicted octanol–water partition coefficient (Wildman–Crippen LogP) is 3.92. The van der Waals surface area contributed by atoms with Crippen molar-refractivity contribution in [1.29, 1.82) is 0 Å². The first-order valence-corrected chi connectivity index (χ1v) is 7.61. The highest BCUT2D eigenvalue weighted by molar-refractivity contribution is 6.05. The molecular weight excluding hydrogens is 302 g/mol. The Bertz CT molecular complexity index is 966. The minimum Gasteiger partial charge on any atom is -0.437 e. The summed E-state index contributed by atoms with van der Waals surface area (Å²) < 4.78 is 6.05. The van der Waals surface area contributed by atoms with E-state index in [1.165, 1.54) is 6.33 Å². The van der Waals surface area contributed by atoms with Crippen LogP contribution in [0.1, 0.15) is 0 Å². The number of nitrogens with one attached hydrogen (secondary N) is 1. The van der Waals surface area contributed by atoms with E-state index in [2.05, 4.69) is 15.3 Å². The molecule has 0 aliphatic rings. The van der Waals surface area contributed by atoms with Gasteiger partial charge in [0.05, 0.1) is 5.39 Å². The summed E-state index contributed by atoms with van der Waals surface area (Å²) in [5.74, 6) is 1.28. The number of aliphatic hydroxyl groups is 1. The largest absolute Gasteiger partial charge is 0.437 e. The molecule has 2 heterocycles. The van der Waals surface area contributed by atoms with Crippen LogP contribution in [-0.2, 0) is 0 Å². The molecule has 0 unspecified atom stereocenters. The zero-order valence-corrected chi connectivity index (χ0v) is 12.8. The maximum absolute atomic E-state index is 9.26. The molecule has 5 nitrogen and oxygen atoms in total. The van der Waals surface area contributed by atoms with Crippen molar-refractivity contribution in [3.05, 3.63) is 67.0 Å². The number of aliphatic hydroxyl groups excluding tert-OH is 1. The van der Waals surface area contributed by atoms with E-state index in [1.807, 2.05) is 60.7 Å². The molecule has 118 valence electrons. The van der Waals surface area contributed by atoms with Crippen LogP contribution in [0.4, 0.5) is 5.82 Å². The van der Waals surface area contributed by atoms with Crippen LogP contribution in [0, 0.1) is 0 Å². The van der Waals surface area contributed by atoms with Gasteiger partial charge in [0, 0.05) is 11.1 Å². The summed E-state index contributed by atoms with van der Waals surface area (Å²) in [6.07, 6.45) is 1.42. The molecule has 2 N–H and O–H groups in total. The summed E-state index contributed by atoms with van der Waals surface area (Å²) >= 11 is 0. The Kier molecular flexibility index (Phi) is 3.69. The minimum atomic E-state index is -0.216. The average molecular weight is 317 g/mol. The molecule has 5 heteroatoms. The number of anilines is 1. The highest BCUT2D eigenvalue weighted by Gasteiger charge is 2.21. The molecule has 0 aliphatic heterocycles. The number of nitrogens with zero attached hydrogens (tertiary/aromatic N) is 2. The fourth-order valence-corrected chi connectivity index (χ4v) is 2.82. The van der Waals surface area contributed by atoms with E-state index in [1.54, 1.807) is 0 Å². The number of hydrogen-bond donors (Lipinski definition) is 2. The molecule has 0 spiro atoms. The first kappa shape index (κ1) is 14.4. The lowest BCUT2D eigenvalue weighted by Gasteiger charge is -2.06. The number of hydrogen-bond acceptors (Lipinski definition) is 5. The first-order valence-electron chi connectivity index (χ1n) is 7.61. The molecule has 0 amide bonds. The lowest BCUT2D eigenvalue weighted by Crippen LogP contribution is -2.02. The van der Waals surface area contributed by atoms with Crippen molar-refractivity contribution in [2.75, 3.05) is 12.0 Å². The van der Waals surface area contributed by atoms with Gasteiger partial charge in [-0.05, 0) is 5.56 Å². The summed E-state index contributed by atoms with van der Waals surface area (Å²) in [7, 11) is 0. The highest BCUT2D eigenvalue weighted by atomic mass is 16.3. The summed E-state index contributed by atoms with van der Waals surface area (Å²) in [6.45, 7) is -0.216. The van der Waals surface area contributed by atoms with Crippen molar-refractivity contribution in [1.82, 2.24) is 9.97 Å². The Morgan fingerprint density at radius 1 is 0.875 bits per heavy atom. The van der Waals surface area contributed by atoms with Crippen LogP contribution in [0.25, 0.3) is 33.6 Å². The normalized spacial score (nSPS) is 10.9. The molecule has 0 radical (unpaired) electrons. The smallest absolute Gasteiger partial charge is 0.232 e. The molecule has 4 aromatic rings. The summed E-state index contributed by atoms with van der Waals surface area (Å²) in [5.41, 5.74) is 3.36. The third-order valence-corrected chi connectivity index (χ3v) is 3.83. The van der Waals surface area contributed by atoms with Crippen LogP contribution >= 0.6 is 0 Å². The van der Waals surface area contributed by atoms with Crippen molar-refractivity contribution >= 4 is 16.9 Å². The topological polar surface area (TPSA) is 71.2 Å². The van der Waals surface area contributed by atoms with Gasteiger partial charge in [-0.25, -0.2) is 9.97 Å². The van der Waals surface area contributed by atoms with Crippen molar-refractivity contribution in [3.8, 4) is 22.5 Å². The van der Waals surface area contributed by atoms with Crippen LogP contribution in [-0.4, -0.2) is 21.8 Å². The molecular formula is C19H15N3O2. The van der Waals surface area contributed by atoms with Gasteiger partial charge in [-0.3, -0.25) is 0 Å². The van der Waals surface area contributed by atoms with E-state index < -0.39 is 0 Å². The van der Waals surface area contributed by atoms with E-state index in [0.29, 0.717) is 11.5 Å². The van der Waals surface area contributed by atoms with E-state index in [0.717, 1.165) is 27.8 Å². The predicted molar refractivity (Wildman–Crippen MR) is 93.4 cm³/mol. The van der Waals surface area contributed by atoms with Gasteiger partial charge in [-0.15, -0.1) is 0 Å². The Morgan fingerprint density at radius 2 is 1.54 bits per heavy atom. The third kappa shape index (κ3) is 2.41. The van der Waals surface area contributed by atoms with E-state index in [9.17, 15) is 5.11 Å². The van der Waals surface area contributed by atoms with Crippen LogP contribution in [0.3, 0.4) is 0 Å². The lowest BCUT2D eigenvalue weighted by molar-refractivity contribution is 0.325. The molecule has 0 aliphatic carbocycles. The van der Waals surface area contributed by atoms with Gasteiger partial charge < -0.3 is 14.8 Å². The fraction of sp³-hybridized carbons (Fsp3) is 0.0526. The van der Waals surface area contributed by atoms with Gasteiger partial charge in [0.25, 0.3) is 0 Å². The third-order valence-electron chi connectivity index (χ3n) is 3.83. The van der Waals surface area contributed by atoms with Crippen LogP contribution < -0.4 is 5.32 Å². The quantitative estimate of drug-likeness (QED) is 0.558. The van der Waals surface area contributed by atoms with Crippen LogP contribution in [0.2, 0.25) is 0 Å². The van der Waals surface area contributed by atoms with Crippen molar-refractivity contribution in [2.24, 2.45) is 0 Å². The van der Waals surface area contributed by atoms with Gasteiger partial charge >= 0.3 is 0 Å². The monoisotopic (exact) mass is 317 g/mol. The molecule has 0 bridgehead atoms. The van der Waals surface area contributed by atoms with Gasteiger partial charge in [0.2, 0.25) is 5.71 Å². The Hall–Kier alpha value is -3.18. The molecule has 2 aromatic carbocycles. The zero-order valence-electron chi connectivity index (χ0n) is 12.8. The Balaban J connectivity index is 2.08. The van der Waals surface area contributed by atoms with Crippen molar-refractivity contribution in [3.63, 3.8) is 0 Å². The minimum absolute atomic E-state index is 0.216. The molecule has 0 fully saturated rings. The van der Waals surface area contributed by atoms with Crippen molar-refractivity contribution < 1.29 is 9.52 Å². The molecule has 0 atom stereocenters. The molecule has 2 aromatic heterocycles. The maximum atomic E-state index is 9.26. The number of fused-ring (bicyclic) bond motifs is 1. The fourth-order valence-electron chi connectivity index (χ4n) is 2.82. The van der Waals surface area contributed by atoms with Gasteiger partial charge in [0.15, 0.2) is 0 Å². The lowest BCUT2D eigenvalue weighted by atomic mass is 9.99. The van der Waals surface area contributed by atoms with Gasteiger partial charge in [0.1, 0.15) is 24.6 Å².